The summed E-state index contributed by atoms with van der Waals surface area (Å²) in [5.41, 5.74) is 0.0343. The van der Waals surface area contributed by atoms with E-state index in [4.69, 9.17) is 4.43 Å². The largest absolute Gasteiger partial charge is 0.413 e. The normalized spacial score (nSPS) is 32.7. The van der Waals surface area contributed by atoms with Crippen molar-refractivity contribution in [2.24, 2.45) is 5.41 Å². The Labute approximate surface area is 112 Å². The van der Waals surface area contributed by atoms with Crippen molar-refractivity contribution in [2.75, 3.05) is 0 Å². The molecule has 102 valence electrons. The summed E-state index contributed by atoms with van der Waals surface area (Å²) in [5.74, 6) is 0.278. The Hall–Kier alpha value is -0.413. The highest BCUT2D eigenvalue weighted by Gasteiger charge is 2.49. The highest BCUT2D eigenvalue weighted by Crippen LogP contribution is 2.50. The van der Waals surface area contributed by atoms with Crippen molar-refractivity contribution in [3.63, 3.8) is 0 Å². The van der Waals surface area contributed by atoms with Gasteiger partial charge in [-0.25, -0.2) is 0 Å². The predicted octanol–water partition coefficient (Wildman–Crippen LogP) is 4.08. The number of carbonyl (C=O) groups is 1. The third kappa shape index (κ3) is 2.35. The molecule has 0 saturated heterocycles. The van der Waals surface area contributed by atoms with Crippen LogP contribution >= 0.6 is 0 Å². The molecule has 1 spiro atoms. The molecule has 1 fully saturated rings. The number of carbonyl (C=O) groups excluding carboxylic acids is 1. The molecule has 0 aliphatic heterocycles. The standard InChI is InChI=1S/C15H26O2Si/c1-14(2,3)18(4,5)17-13-7-6-9-15(13)10-8-12(16)11-15/h8,10,13H,6-7,9,11H2,1-5H3/t13-,15-/m0/s1. The molecule has 2 aliphatic rings. The lowest BCUT2D eigenvalue weighted by Crippen LogP contribution is -2.47. The minimum Gasteiger partial charge on any atom is -0.413 e. The van der Waals surface area contributed by atoms with Crippen molar-refractivity contribution in [1.82, 2.24) is 0 Å². The number of rotatable bonds is 2. The number of hydrogen-bond donors (Lipinski definition) is 0. The van der Waals surface area contributed by atoms with Gasteiger partial charge in [0, 0.05) is 11.8 Å². The summed E-state index contributed by atoms with van der Waals surface area (Å²) in [5, 5.41) is 0.239. The molecule has 0 aromatic rings. The third-order valence-corrected chi connectivity index (χ3v) is 9.58. The number of ketones is 1. The van der Waals surface area contributed by atoms with E-state index < -0.39 is 8.32 Å². The Bertz CT molecular complexity index is 378. The van der Waals surface area contributed by atoms with Crippen LogP contribution in [0.25, 0.3) is 0 Å². The van der Waals surface area contributed by atoms with Crippen LogP contribution in [0.1, 0.15) is 46.5 Å². The van der Waals surface area contributed by atoms with Crippen molar-refractivity contribution in [3.05, 3.63) is 12.2 Å². The second-order valence-electron chi connectivity index (χ2n) is 7.47. The maximum Gasteiger partial charge on any atom is 0.192 e. The van der Waals surface area contributed by atoms with E-state index in [2.05, 4.69) is 39.9 Å². The quantitative estimate of drug-likeness (QED) is 0.704. The molecule has 2 nitrogen and oxygen atoms in total. The van der Waals surface area contributed by atoms with E-state index in [-0.39, 0.29) is 22.3 Å². The third-order valence-electron chi connectivity index (χ3n) is 5.10. The van der Waals surface area contributed by atoms with Crippen molar-refractivity contribution in [1.29, 1.82) is 0 Å². The summed E-state index contributed by atoms with van der Waals surface area (Å²) >= 11 is 0. The van der Waals surface area contributed by atoms with Crippen LogP contribution in [-0.4, -0.2) is 20.2 Å². The molecule has 0 heterocycles. The zero-order valence-electron chi connectivity index (χ0n) is 12.4. The molecule has 0 radical (unpaired) electrons. The van der Waals surface area contributed by atoms with Crippen molar-refractivity contribution < 1.29 is 9.22 Å². The molecule has 0 aromatic carbocycles. The SMILES string of the molecule is CC(C)(C)[Si](C)(C)O[C@H]1CCC[C@@]12C=CC(=O)C2. The first-order chi connectivity index (χ1) is 8.16. The monoisotopic (exact) mass is 266 g/mol. The molecule has 2 atom stereocenters. The van der Waals surface area contributed by atoms with E-state index >= 15 is 0 Å². The van der Waals surface area contributed by atoms with Gasteiger partial charge in [-0.05, 0) is 43.5 Å². The fourth-order valence-electron chi connectivity index (χ4n) is 2.87. The Morgan fingerprint density at radius 1 is 1.39 bits per heavy atom. The van der Waals surface area contributed by atoms with Gasteiger partial charge in [0.2, 0.25) is 0 Å². The first-order valence-electron chi connectivity index (χ1n) is 7.06. The topological polar surface area (TPSA) is 26.3 Å². The lowest BCUT2D eigenvalue weighted by molar-refractivity contribution is -0.116. The summed E-state index contributed by atoms with van der Waals surface area (Å²) < 4.78 is 6.58. The summed E-state index contributed by atoms with van der Waals surface area (Å²) in [7, 11) is -1.73. The van der Waals surface area contributed by atoms with Crippen LogP contribution in [0.3, 0.4) is 0 Å². The van der Waals surface area contributed by atoms with E-state index in [9.17, 15) is 4.79 Å². The van der Waals surface area contributed by atoms with Gasteiger partial charge >= 0.3 is 0 Å². The molecular formula is C15H26O2Si. The minimum atomic E-state index is -1.73. The van der Waals surface area contributed by atoms with Gasteiger partial charge in [-0.15, -0.1) is 0 Å². The molecular weight excluding hydrogens is 240 g/mol. The second kappa shape index (κ2) is 4.31. The molecule has 2 aliphatic carbocycles. The number of allylic oxidation sites excluding steroid dienone is 1. The van der Waals surface area contributed by atoms with Crippen molar-refractivity contribution in [2.45, 2.75) is 70.7 Å². The summed E-state index contributed by atoms with van der Waals surface area (Å²) in [4.78, 5) is 11.6. The van der Waals surface area contributed by atoms with Crippen LogP contribution < -0.4 is 0 Å². The van der Waals surface area contributed by atoms with Gasteiger partial charge in [-0.3, -0.25) is 4.79 Å². The van der Waals surface area contributed by atoms with E-state index in [1.54, 1.807) is 6.08 Å². The molecule has 0 aromatic heterocycles. The maximum atomic E-state index is 11.6. The van der Waals surface area contributed by atoms with E-state index in [1.165, 1.54) is 6.42 Å². The predicted molar refractivity (Wildman–Crippen MR) is 77.1 cm³/mol. The maximum absolute atomic E-state index is 11.6. The first kappa shape index (κ1) is 14.0. The van der Waals surface area contributed by atoms with Gasteiger partial charge in [0.05, 0.1) is 6.10 Å². The van der Waals surface area contributed by atoms with Crippen molar-refractivity contribution in [3.8, 4) is 0 Å². The molecule has 0 bridgehead atoms. The van der Waals surface area contributed by atoms with Gasteiger partial charge in [-0.2, -0.15) is 0 Å². The van der Waals surface area contributed by atoms with E-state index in [1.807, 2.05) is 0 Å². The number of hydrogen-bond acceptors (Lipinski definition) is 2. The van der Waals surface area contributed by atoms with Crippen LogP contribution in [0.2, 0.25) is 18.1 Å². The molecule has 18 heavy (non-hydrogen) atoms. The van der Waals surface area contributed by atoms with Crippen LogP contribution in [0.4, 0.5) is 0 Å². The fourth-order valence-corrected chi connectivity index (χ4v) is 4.29. The van der Waals surface area contributed by atoms with Gasteiger partial charge in [0.15, 0.2) is 14.1 Å². The Balaban J connectivity index is 2.15. The van der Waals surface area contributed by atoms with Crippen LogP contribution in [0.5, 0.6) is 0 Å². The zero-order valence-corrected chi connectivity index (χ0v) is 13.4. The Morgan fingerprint density at radius 2 is 2.06 bits per heavy atom. The Morgan fingerprint density at radius 3 is 2.56 bits per heavy atom. The molecule has 2 rings (SSSR count). The van der Waals surface area contributed by atoms with Crippen molar-refractivity contribution >= 4 is 14.1 Å². The van der Waals surface area contributed by atoms with Crippen LogP contribution in [0, 0.1) is 5.41 Å². The molecule has 0 amide bonds. The fraction of sp³-hybridized carbons (Fsp3) is 0.800. The minimum absolute atomic E-state index is 0.0343. The van der Waals surface area contributed by atoms with Gasteiger partial charge in [0.25, 0.3) is 0 Å². The summed E-state index contributed by atoms with van der Waals surface area (Å²) in [6.07, 6.45) is 8.27. The van der Waals surface area contributed by atoms with E-state index in [0.29, 0.717) is 6.42 Å². The highest BCUT2D eigenvalue weighted by atomic mass is 28.4. The van der Waals surface area contributed by atoms with Crippen LogP contribution in [-0.2, 0) is 9.22 Å². The van der Waals surface area contributed by atoms with Gasteiger partial charge < -0.3 is 4.43 Å². The summed E-state index contributed by atoms with van der Waals surface area (Å²) in [6, 6.07) is 0. The van der Waals surface area contributed by atoms with Crippen LogP contribution in [0.15, 0.2) is 12.2 Å². The first-order valence-corrected chi connectivity index (χ1v) is 9.97. The average molecular weight is 266 g/mol. The zero-order chi connectivity index (χ0) is 13.6. The van der Waals surface area contributed by atoms with Gasteiger partial charge in [0.1, 0.15) is 0 Å². The molecule has 1 saturated carbocycles. The van der Waals surface area contributed by atoms with E-state index in [0.717, 1.165) is 12.8 Å². The average Bonchev–Trinajstić information content (AvgIpc) is 2.74. The molecule has 0 unspecified atom stereocenters. The molecule has 0 N–H and O–H groups in total. The smallest absolute Gasteiger partial charge is 0.192 e. The summed E-state index contributed by atoms with van der Waals surface area (Å²) in [6.45, 7) is 11.4. The lowest BCUT2D eigenvalue weighted by Gasteiger charge is -2.42. The lowest BCUT2D eigenvalue weighted by atomic mass is 9.84. The second-order valence-corrected chi connectivity index (χ2v) is 12.2. The van der Waals surface area contributed by atoms with Gasteiger partial charge in [-0.1, -0.05) is 26.8 Å². The Kier molecular flexibility index (Phi) is 3.35. The highest BCUT2D eigenvalue weighted by molar-refractivity contribution is 6.74. The molecule has 3 heteroatoms.